The first-order chi connectivity index (χ1) is 40.1. The number of allylic oxidation sites excluding steroid dienone is 2. The van der Waals surface area contributed by atoms with Gasteiger partial charge in [-0.15, -0.1) is 0 Å². The van der Waals surface area contributed by atoms with Crippen LogP contribution in [0.1, 0.15) is 114 Å². The van der Waals surface area contributed by atoms with E-state index < -0.39 is 236 Å². The van der Waals surface area contributed by atoms with Crippen molar-refractivity contribution in [3.05, 3.63) is 11.6 Å². The van der Waals surface area contributed by atoms with E-state index in [1.54, 1.807) is 6.92 Å². The highest BCUT2D eigenvalue weighted by atomic mass is 16.8. The minimum absolute atomic E-state index is 0.0592. The van der Waals surface area contributed by atoms with Gasteiger partial charge in [0.05, 0.1) is 69.5 Å². The van der Waals surface area contributed by atoms with Gasteiger partial charge in [0.1, 0.15) is 85.0 Å². The molecule has 0 bridgehead atoms. The molecule has 5 heterocycles. The zero-order valence-corrected chi connectivity index (χ0v) is 50.5. The van der Waals surface area contributed by atoms with Gasteiger partial charge in [-0.05, 0) is 91.3 Å². The lowest BCUT2D eigenvalue weighted by Crippen LogP contribution is -2.79. The summed E-state index contributed by atoms with van der Waals surface area (Å²) in [4.78, 5) is 15.5. The normalized spacial score (nSPS) is 56.1. The maximum atomic E-state index is 15.5. The quantitative estimate of drug-likeness (QED) is 0.0428. The van der Waals surface area contributed by atoms with Crippen molar-refractivity contribution in [2.45, 2.75) is 261 Å². The zero-order chi connectivity index (χ0) is 63.2. The van der Waals surface area contributed by atoms with Crippen molar-refractivity contribution >= 4 is 5.97 Å². The zero-order valence-electron chi connectivity index (χ0n) is 50.5. The van der Waals surface area contributed by atoms with Crippen LogP contribution >= 0.6 is 0 Å². The van der Waals surface area contributed by atoms with Gasteiger partial charge in [-0.25, -0.2) is 0 Å². The highest BCUT2D eigenvalue weighted by molar-refractivity contribution is 5.79. The molecule has 0 unspecified atom stereocenters. The average Bonchev–Trinajstić information content (AvgIpc) is 0.772. The van der Waals surface area contributed by atoms with E-state index in [1.807, 2.05) is 13.8 Å². The molecule has 32 atom stereocenters. The lowest BCUT2D eigenvalue weighted by molar-refractivity contribution is -0.381. The molecule has 0 aromatic rings. The molecular weight excluding hydrogens is 1140 g/mol. The van der Waals surface area contributed by atoms with Crippen molar-refractivity contribution < 1.29 is 134 Å². The summed E-state index contributed by atoms with van der Waals surface area (Å²) in [6.07, 6.45) is -30.3. The molecule has 10 rings (SSSR count). The van der Waals surface area contributed by atoms with E-state index in [-0.39, 0.29) is 18.3 Å². The summed E-state index contributed by atoms with van der Waals surface area (Å²) in [5.74, 6) is -1.06. The third-order valence-corrected chi connectivity index (χ3v) is 24.6. The molecule has 86 heavy (non-hydrogen) atoms. The molecule has 0 aromatic heterocycles. The second-order valence-electron chi connectivity index (χ2n) is 29.0. The van der Waals surface area contributed by atoms with Gasteiger partial charge in [-0.1, -0.05) is 67.0 Å². The highest BCUT2D eigenvalue weighted by Gasteiger charge is 2.81. The summed E-state index contributed by atoms with van der Waals surface area (Å²) in [6, 6.07) is 0. The first-order valence-corrected chi connectivity index (χ1v) is 30.5. The molecule has 0 radical (unpaired) electrons. The second kappa shape index (κ2) is 23.3. The SMILES string of the molecule is C[C@@H]1O[C@@H](O[C@H]2[C@H](OC(=O)[C@]34CCC(C)(C)C[C@H]3C3=CC[C@]5(C)[C@@]6(C)C[C@H](O)[C@H](O[C@@H]7O[C@H](CO)[C@@H](O)[C@H](O)[C@H]7O)[C@@](C)(CO)[C@]6(C)[C@H](O)C[C@@]5(C)[C@]3(C)CC4)O[C@@H](CO)[C@@H]2O)[C@H](O)[C@H](O)[C@H]1O[C@@H]1O[C@H](CO)[C@H](O[C@@H]2OC[C@](O)(CO)[C@H]2O)[C@H]1O. The minimum atomic E-state index is -2.06. The van der Waals surface area contributed by atoms with E-state index in [1.165, 1.54) is 6.92 Å². The summed E-state index contributed by atoms with van der Waals surface area (Å²) in [5.41, 5.74) is -8.25. The molecule has 0 spiro atoms. The van der Waals surface area contributed by atoms with Gasteiger partial charge in [-0.3, -0.25) is 4.79 Å². The number of carbonyl (C=O) groups is 1. The Morgan fingerprint density at radius 3 is 1.76 bits per heavy atom. The van der Waals surface area contributed by atoms with Crippen LogP contribution in [0.25, 0.3) is 0 Å². The summed E-state index contributed by atoms with van der Waals surface area (Å²) in [7, 11) is 0. The molecule has 27 nitrogen and oxygen atoms in total. The van der Waals surface area contributed by atoms with Crippen molar-refractivity contribution in [2.75, 3.05) is 39.6 Å². The van der Waals surface area contributed by atoms with Crippen molar-refractivity contribution in [3.8, 4) is 0 Å². The lowest BCUT2D eigenvalue weighted by Gasteiger charge is -2.80. The number of rotatable bonds is 15. The smallest absolute Gasteiger partial charge is 0.315 e. The fourth-order valence-electron chi connectivity index (χ4n) is 18.2. The fraction of sp³-hybridized carbons (Fsp3) is 0.949. The van der Waals surface area contributed by atoms with Crippen LogP contribution in [0, 0.1) is 49.2 Å². The van der Waals surface area contributed by atoms with Crippen LogP contribution in [0.3, 0.4) is 0 Å². The van der Waals surface area contributed by atoms with E-state index in [9.17, 15) is 81.7 Å². The third kappa shape index (κ3) is 9.72. The molecule has 9 fully saturated rings. The first kappa shape index (κ1) is 67.1. The summed E-state index contributed by atoms with van der Waals surface area (Å²) in [6.45, 7) is 13.9. The van der Waals surface area contributed by atoms with Crippen molar-refractivity contribution in [1.82, 2.24) is 0 Å². The van der Waals surface area contributed by atoms with Gasteiger partial charge in [0.25, 0.3) is 0 Å². The van der Waals surface area contributed by atoms with E-state index in [0.29, 0.717) is 38.5 Å². The van der Waals surface area contributed by atoms with Gasteiger partial charge in [0, 0.05) is 10.8 Å². The predicted molar refractivity (Wildman–Crippen MR) is 289 cm³/mol. The van der Waals surface area contributed by atoms with Crippen LogP contribution in [0.2, 0.25) is 0 Å². The van der Waals surface area contributed by atoms with E-state index in [2.05, 4.69) is 40.7 Å². The standard InChI is InChI=1S/C59H96O27/c1-25-40(82-47-39(73)41(31(21-62)81-47)83-49-43(74)59(76,23-64)24-77-49)36(70)38(72)45(78-25)84-42-34(68)30(20-61)80-48(42)86-50(75)58-14-12-51(2,3)16-27(58)26-10-11-54(6)55(7,52(26,4)13-15-58)18-32(66)57(9)53(5,22-63)44(28(65)17-56(54,57)8)85-46-37(71)35(69)33(67)29(19-60)79-46/h10,25,27-49,60-74,76H,11-24H2,1-9H3/t25-,27-,28-,29+,30-,31+,32+,33+,34-,35-,36-,37+,38+,39+,40-,41-,42+,43-,44-,45-,46-,47-,48-,49-,52+,53+,54-,55-,56+,57-,58-,59+/m0/s1. The van der Waals surface area contributed by atoms with Crippen LogP contribution in [-0.4, -0.2) is 274 Å². The highest BCUT2D eigenvalue weighted by Crippen LogP contribution is 2.83. The molecule has 27 heteroatoms. The number of carbonyl (C=O) groups excluding carboxylic acids is 1. The Bertz CT molecular complexity index is 2470. The number of aliphatic hydroxyl groups is 16. The Hall–Kier alpha value is -1.79. The van der Waals surface area contributed by atoms with Gasteiger partial charge in [-0.2, -0.15) is 0 Å². The largest absolute Gasteiger partial charge is 0.432 e. The van der Waals surface area contributed by atoms with Crippen molar-refractivity contribution in [3.63, 3.8) is 0 Å². The molecule has 5 aliphatic carbocycles. The van der Waals surface area contributed by atoms with Gasteiger partial charge in [0.15, 0.2) is 31.3 Å². The van der Waals surface area contributed by atoms with Crippen molar-refractivity contribution in [1.29, 1.82) is 0 Å². The Morgan fingerprint density at radius 2 is 1.13 bits per heavy atom. The number of fused-ring (bicyclic) bond motifs is 7. The van der Waals surface area contributed by atoms with Crippen LogP contribution in [0.15, 0.2) is 11.6 Å². The van der Waals surface area contributed by atoms with Crippen LogP contribution < -0.4 is 0 Å². The third-order valence-electron chi connectivity index (χ3n) is 24.6. The molecule has 5 aliphatic heterocycles. The second-order valence-corrected chi connectivity index (χ2v) is 29.0. The molecule has 494 valence electrons. The number of hydrogen-bond donors (Lipinski definition) is 16. The Morgan fingerprint density at radius 1 is 0.558 bits per heavy atom. The summed E-state index contributed by atoms with van der Waals surface area (Å²) < 4.78 is 59.4. The number of esters is 1. The average molecular weight is 1240 g/mol. The first-order valence-electron chi connectivity index (χ1n) is 30.5. The maximum Gasteiger partial charge on any atom is 0.315 e. The fourth-order valence-corrected chi connectivity index (χ4v) is 18.2. The molecule has 4 saturated carbocycles. The Labute approximate surface area is 499 Å². The molecule has 5 saturated heterocycles. The van der Waals surface area contributed by atoms with Crippen LogP contribution in [0.5, 0.6) is 0 Å². The van der Waals surface area contributed by atoms with Crippen LogP contribution in [-0.2, 0) is 52.2 Å². The number of aliphatic hydroxyl groups excluding tert-OH is 15. The summed E-state index contributed by atoms with van der Waals surface area (Å²) >= 11 is 0. The van der Waals surface area contributed by atoms with Crippen LogP contribution in [0.4, 0.5) is 0 Å². The Kier molecular flexibility index (Phi) is 18.2. The lowest BCUT2D eigenvalue weighted by atomic mass is 9.25. The van der Waals surface area contributed by atoms with E-state index in [0.717, 1.165) is 5.57 Å². The summed E-state index contributed by atoms with van der Waals surface area (Å²) in [5, 5.41) is 176. The monoisotopic (exact) mass is 1240 g/mol. The molecule has 0 aromatic carbocycles. The Balaban J connectivity index is 0.876. The topological polar surface area (TPSA) is 433 Å². The van der Waals surface area contributed by atoms with Gasteiger partial charge >= 0.3 is 5.97 Å². The van der Waals surface area contributed by atoms with Gasteiger partial charge in [0.2, 0.25) is 6.29 Å². The molecular formula is C59H96O27. The predicted octanol–water partition coefficient (Wildman–Crippen LogP) is -3.57. The van der Waals surface area contributed by atoms with E-state index in [4.69, 9.17) is 47.4 Å². The van der Waals surface area contributed by atoms with E-state index >= 15 is 4.79 Å². The number of hydrogen-bond acceptors (Lipinski definition) is 27. The molecule has 0 amide bonds. The maximum absolute atomic E-state index is 15.5. The minimum Gasteiger partial charge on any atom is -0.432 e. The molecule has 16 N–H and O–H groups in total. The van der Waals surface area contributed by atoms with Gasteiger partial charge < -0.3 is 129 Å². The molecule has 10 aliphatic rings. The van der Waals surface area contributed by atoms with Crippen molar-refractivity contribution in [2.24, 2.45) is 49.2 Å². The number of ether oxygens (including phenoxy) is 10.